The zero-order chi connectivity index (χ0) is 13.7. The second-order valence-corrected chi connectivity index (χ2v) is 4.98. The van der Waals surface area contributed by atoms with Crippen LogP contribution < -0.4 is 10.1 Å². The topological polar surface area (TPSA) is 21.3 Å². The molecule has 104 valence electrons. The lowest BCUT2D eigenvalue weighted by Crippen LogP contribution is -2.21. The highest BCUT2D eigenvalue weighted by Gasteiger charge is 2.16. The van der Waals surface area contributed by atoms with E-state index in [1.807, 2.05) is 6.07 Å². The Labute approximate surface area is 114 Å². The molecule has 0 bridgehead atoms. The van der Waals surface area contributed by atoms with E-state index in [0.717, 1.165) is 31.4 Å². The summed E-state index contributed by atoms with van der Waals surface area (Å²) >= 11 is 0. The van der Waals surface area contributed by atoms with Crippen molar-refractivity contribution in [1.82, 2.24) is 5.32 Å². The highest BCUT2D eigenvalue weighted by Crippen LogP contribution is 2.28. The number of hydrogen-bond donors (Lipinski definition) is 1. The number of nitrogens with one attached hydrogen (secondary N) is 1. The summed E-state index contributed by atoms with van der Waals surface area (Å²) in [5.41, 5.74) is 1.02. The van der Waals surface area contributed by atoms with Gasteiger partial charge in [0.1, 0.15) is 17.7 Å². The summed E-state index contributed by atoms with van der Waals surface area (Å²) in [5, 5.41) is 3.34. The molecule has 1 N–H and O–H groups in total. The largest absolute Gasteiger partial charge is 0.486 e. The zero-order valence-electron chi connectivity index (χ0n) is 11.7. The van der Waals surface area contributed by atoms with Crippen LogP contribution in [-0.2, 0) is 0 Å². The smallest absolute Gasteiger partial charge is 0.127 e. The van der Waals surface area contributed by atoms with Gasteiger partial charge in [0.2, 0.25) is 0 Å². The van der Waals surface area contributed by atoms with Gasteiger partial charge in [-0.25, -0.2) is 4.39 Å². The number of ether oxygens (including phenoxy) is 1. The maximum atomic E-state index is 13.4. The fourth-order valence-corrected chi connectivity index (χ4v) is 2.43. The van der Waals surface area contributed by atoms with Gasteiger partial charge in [0.15, 0.2) is 0 Å². The summed E-state index contributed by atoms with van der Waals surface area (Å²) in [6.07, 6.45) is 7.54. The third-order valence-electron chi connectivity index (χ3n) is 3.44. The second kappa shape index (κ2) is 6.71. The molecule has 0 amide bonds. The average molecular weight is 263 g/mol. The van der Waals surface area contributed by atoms with E-state index in [-0.39, 0.29) is 18.0 Å². The molecule has 0 aromatic heterocycles. The van der Waals surface area contributed by atoms with Gasteiger partial charge >= 0.3 is 0 Å². The molecular formula is C16H22FNO. The Kier molecular flexibility index (Phi) is 4.97. The van der Waals surface area contributed by atoms with Crippen molar-refractivity contribution in [3.05, 3.63) is 41.7 Å². The molecule has 2 atom stereocenters. The summed E-state index contributed by atoms with van der Waals surface area (Å²) in [7, 11) is 0. The predicted molar refractivity (Wildman–Crippen MR) is 75.9 cm³/mol. The van der Waals surface area contributed by atoms with E-state index in [9.17, 15) is 4.39 Å². The van der Waals surface area contributed by atoms with E-state index in [1.165, 1.54) is 12.1 Å². The summed E-state index contributed by atoms with van der Waals surface area (Å²) in [4.78, 5) is 0. The molecule has 0 saturated heterocycles. The van der Waals surface area contributed by atoms with Crippen molar-refractivity contribution in [2.24, 2.45) is 0 Å². The van der Waals surface area contributed by atoms with Crippen molar-refractivity contribution < 1.29 is 9.13 Å². The van der Waals surface area contributed by atoms with Gasteiger partial charge in [-0.2, -0.15) is 0 Å². The number of rotatable bonds is 5. The van der Waals surface area contributed by atoms with Gasteiger partial charge in [-0.1, -0.05) is 19.1 Å². The van der Waals surface area contributed by atoms with Crippen LogP contribution in [0.5, 0.6) is 5.75 Å². The molecule has 0 spiro atoms. The van der Waals surface area contributed by atoms with Crippen LogP contribution in [0.1, 0.15) is 44.7 Å². The number of benzene rings is 1. The first-order valence-corrected chi connectivity index (χ1v) is 7.07. The third-order valence-corrected chi connectivity index (χ3v) is 3.44. The van der Waals surface area contributed by atoms with Crippen LogP contribution in [0.25, 0.3) is 0 Å². The molecule has 0 heterocycles. The highest BCUT2D eigenvalue weighted by atomic mass is 19.1. The van der Waals surface area contributed by atoms with Crippen molar-refractivity contribution >= 4 is 0 Å². The van der Waals surface area contributed by atoms with Crippen molar-refractivity contribution in [2.45, 2.75) is 45.3 Å². The van der Waals surface area contributed by atoms with E-state index in [2.05, 4.69) is 31.3 Å². The summed E-state index contributed by atoms with van der Waals surface area (Å²) in [5.74, 6) is 0.409. The molecule has 1 aliphatic carbocycles. The van der Waals surface area contributed by atoms with E-state index in [4.69, 9.17) is 4.74 Å². The van der Waals surface area contributed by atoms with Gasteiger partial charge in [-0.3, -0.25) is 0 Å². The van der Waals surface area contributed by atoms with Crippen LogP contribution in [0.4, 0.5) is 4.39 Å². The van der Waals surface area contributed by atoms with Gasteiger partial charge in [-0.05, 0) is 44.9 Å². The molecule has 2 rings (SSSR count). The van der Waals surface area contributed by atoms with Crippen molar-refractivity contribution in [2.75, 3.05) is 6.54 Å². The predicted octanol–water partition coefficient (Wildman–Crippen LogP) is 3.98. The highest BCUT2D eigenvalue weighted by molar-refractivity contribution is 5.36. The minimum absolute atomic E-state index is 0.0723. The summed E-state index contributed by atoms with van der Waals surface area (Å²) < 4.78 is 19.4. The summed E-state index contributed by atoms with van der Waals surface area (Å²) in [6, 6.07) is 4.95. The van der Waals surface area contributed by atoms with Gasteiger partial charge in [-0.15, -0.1) is 0 Å². The zero-order valence-corrected chi connectivity index (χ0v) is 11.7. The Morgan fingerprint density at radius 3 is 3.00 bits per heavy atom. The number of halogens is 1. The molecule has 2 nitrogen and oxygen atoms in total. The van der Waals surface area contributed by atoms with Crippen LogP contribution in [0.3, 0.4) is 0 Å². The number of allylic oxidation sites excluding steroid dienone is 1. The van der Waals surface area contributed by atoms with Crippen LogP contribution >= 0.6 is 0 Å². The lowest BCUT2D eigenvalue weighted by atomic mass is 10.0. The second-order valence-electron chi connectivity index (χ2n) is 4.98. The molecule has 0 saturated carbocycles. The van der Waals surface area contributed by atoms with Gasteiger partial charge in [0, 0.05) is 17.7 Å². The maximum absolute atomic E-state index is 13.4. The van der Waals surface area contributed by atoms with Crippen LogP contribution in [0.2, 0.25) is 0 Å². The molecule has 0 radical (unpaired) electrons. The molecule has 19 heavy (non-hydrogen) atoms. The Bertz CT molecular complexity index is 444. The molecule has 0 aliphatic heterocycles. The Morgan fingerprint density at radius 2 is 2.32 bits per heavy atom. The fraction of sp³-hybridized carbons (Fsp3) is 0.500. The first kappa shape index (κ1) is 14.1. The average Bonchev–Trinajstić information content (AvgIpc) is 2.40. The Morgan fingerprint density at radius 1 is 1.47 bits per heavy atom. The molecule has 0 fully saturated rings. The van der Waals surface area contributed by atoms with Crippen molar-refractivity contribution in [1.29, 1.82) is 0 Å². The van der Waals surface area contributed by atoms with Gasteiger partial charge in [0.05, 0.1) is 0 Å². The Hall–Kier alpha value is -1.35. The first-order valence-electron chi connectivity index (χ1n) is 7.07. The lowest BCUT2D eigenvalue weighted by molar-refractivity contribution is 0.225. The molecule has 1 aromatic rings. The molecular weight excluding hydrogens is 241 g/mol. The standard InChI is InChI=1S/C16H22FNO/c1-3-18-12(2)15-10-9-13(17)11-16(15)19-14-7-5-4-6-8-14/h5,7,9-12,14,18H,3-4,6,8H2,1-2H3. The number of hydrogen-bond acceptors (Lipinski definition) is 2. The maximum Gasteiger partial charge on any atom is 0.127 e. The third kappa shape index (κ3) is 3.80. The lowest BCUT2D eigenvalue weighted by Gasteiger charge is -2.23. The van der Waals surface area contributed by atoms with Crippen molar-refractivity contribution in [3.63, 3.8) is 0 Å². The summed E-state index contributed by atoms with van der Waals surface area (Å²) in [6.45, 7) is 5.01. The molecule has 1 aliphatic rings. The van der Waals surface area contributed by atoms with Gasteiger partial charge < -0.3 is 10.1 Å². The van der Waals surface area contributed by atoms with Crippen LogP contribution in [-0.4, -0.2) is 12.6 Å². The molecule has 2 unspecified atom stereocenters. The molecule has 1 aromatic carbocycles. The minimum Gasteiger partial charge on any atom is -0.486 e. The monoisotopic (exact) mass is 263 g/mol. The molecule has 3 heteroatoms. The Balaban J connectivity index is 2.18. The van der Waals surface area contributed by atoms with E-state index in [1.54, 1.807) is 0 Å². The SMILES string of the molecule is CCNC(C)c1ccc(F)cc1OC1C=CCCC1. The minimum atomic E-state index is -0.248. The van der Waals surface area contributed by atoms with E-state index >= 15 is 0 Å². The fourth-order valence-electron chi connectivity index (χ4n) is 2.43. The van der Waals surface area contributed by atoms with Crippen molar-refractivity contribution in [3.8, 4) is 5.75 Å². The van der Waals surface area contributed by atoms with Crippen LogP contribution in [0, 0.1) is 5.82 Å². The quantitative estimate of drug-likeness (QED) is 0.811. The first-order chi connectivity index (χ1) is 9.20. The van der Waals surface area contributed by atoms with Crippen LogP contribution in [0.15, 0.2) is 30.4 Å². The van der Waals surface area contributed by atoms with Gasteiger partial charge in [0.25, 0.3) is 0 Å². The van der Waals surface area contributed by atoms with E-state index < -0.39 is 0 Å². The normalized spacial score (nSPS) is 20.3. The van der Waals surface area contributed by atoms with E-state index in [0.29, 0.717) is 5.75 Å².